The van der Waals surface area contributed by atoms with Gasteiger partial charge in [0.2, 0.25) is 0 Å². The highest BCUT2D eigenvalue weighted by molar-refractivity contribution is 6.30. The van der Waals surface area contributed by atoms with E-state index < -0.39 is 11.7 Å². The van der Waals surface area contributed by atoms with Gasteiger partial charge in [-0.3, -0.25) is 4.79 Å². The number of fused-ring (bicyclic) bond motifs is 1. The quantitative estimate of drug-likeness (QED) is 0.785. The van der Waals surface area contributed by atoms with Crippen LogP contribution in [-0.4, -0.2) is 15.9 Å². The van der Waals surface area contributed by atoms with Crippen molar-refractivity contribution < 1.29 is 9.18 Å². The highest BCUT2D eigenvalue weighted by atomic mass is 35.5. The molecular formula is C15H9ClFN3O. The van der Waals surface area contributed by atoms with Crippen LogP contribution in [0.15, 0.2) is 48.7 Å². The van der Waals surface area contributed by atoms with Gasteiger partial charge < -0.3 is 5.32 Å². The summed E-state index contributed by atoms with van der Waals surface area (Å²) in [6, 6.07) is 11.0. The zero-order valence-electron chi connectivity index (χ0n) is 10.7. The molecule has 104 valence electrons. The smallest absolute Gasteiger partial charge is 0.274 e. The van der Waals surface area contributed by atoms with E-state index in [-0.39, 0.29) is 10.7 Å². The van der Waals surface area contributed by atoms with Crippen LogP contribution < -0.4 is 5.32 Å². The molecule has 0 aliphatic carbocycles. The molecule has 4 nitrogen and oxygen atoms in total. The number of rotatable bonds is 2. The first-order valence-electron chi connectivity index (χ1n) is 6.12. The van der Waals surface area contributed by atoms with Gasteiger partial charge in [-0.05, 0) is 42.5 Å². The number of nitrogens with one attached hydrogen (secondary N) is 1. The second kappa shape index (κ2) is 5.46. The zero-order chi connectivity index (χ0) is 14.8. The first-order valence-corrected chi connectivity index (χ1v) is 6.49. The van der Waals surface area contributed by atoms with Gasteiger partial charge in [-0.25, -0.2) is 14.4 Å². The van der Waals surface area contributed by atoms with Crippen molar-refractivity contribution in [3.05, 3.63) is 65.2 Å². The third-order valence-corrected chi connectivity index (χ3v) is 3.18. The van der Waals surface area contributed by atoms with Crippen molar-refractivity contribution in [2.45, 2.75) is 0 Å². The molecule has 1 aromatic carbocycles. The van der Waals surface area contributed by atoms with Crippen LogP contribution in [0, 0.1) is 5.82 Å². The molecule has 0 spiro atoms. The van der Waals surface area contributed by atoms with E-state index in [1.165, 1.54) is 12.1 Å². The van der Waals surface area contributed by atoms with Crippen LogP contribution in [0.3, 0.4) is 0 Å². The number of carbonyl (C=O) groups is 1. The molecule has 0 aliphatic rings. The van der Waals surface area contributed by atoms with Gasteiger partial charge >= 0.3 is 0 Å². The summed E-state index contributed by atoms with van der Waals surface area (Å²) in [5, 5.41) is 3.40. The first kappa shape index (κ1) is 13.5. The summed E-state index contributed by atoms with van der Waals surface area (Å²) < 4.78 is 13.3. The van der Waals surface area contributed by atoms with Crippen molar-refractivity contribution in [1.82, 2.24) is 9.97 Å². The van der Waals surface area contributed by atoms with Crippen LogP contribution in [0.5, 0.6) is 0 Å². The van der Waals surface area contributed by atoms with E-state index in [0.717, 1.165) is 11.5 Å². The Balaban J connectivity index is 1.87. The predicted molar refractivity (Wildman–Crippen MR) is 78.9 cm³/mol. The number of nitrogens with zero attached hydrogens (tertiary/aromatic N) is 2. The lowest BCUT2D eigenvalue weighted by Gasteiger charge is -2.06. The summed E-state index contributed by atoms with van der Waals surface area (Å²) in [6.07, 6.45) is 1.60. The number of hydrogen-bond donors (Lipinski definition) is 1. The Bertz CT molecular complexity index is 838. The third kappa shape index (κ3) is 2.83. The van der Waals surface area contributed by atoms with Gasteiger partial charge in [0, 0.05) is 17.3 Å². The maximum atomic E-state index is 13.3. The molecule has 21 heavy (non-hydrogen) atoms. The molecule has 1 amide bonds. The minimum Gasteiger partial charge on any atom is -0.321 e. The monoisotopic (exact) mass is 301 g/mol. The normalized spacial score (nSPS) is 10.6. The fourth-order valence-electron chi connectivity index (χ4n) is 1.85. The van der Waals surface area contributed by atoms with Gasteiger partial charge in [-0.15, -0.1) is 0 Å². The summed E-state index contributed by atoms with van der Waals surface area (Å²) >= 11 is 5.59. The van der Waals surface area contributed by atoms with E-state index in [1.807, 2.05) is 6.07 Å². The summed E-state index contributed by atoms with van der Waals surface area (Å²) in [7, 11) is 0. The van der Waals surface area contributed by atoms with Crippen molar-refractivity contribution in [1.29, 1.82) is 0 Å². The highest BCUT2D eigenvalue weighted by Crippen LogP contribution is 2.19. The van der Waals surface area contributed by atoms with Crippen LogP contribution in [0.2, 0.25) is 5.02 Å². The van der Waals surface area contributed by atoms with Gasteiger partial charge in [-0.2, -0.15) is 0 Å². The summed E-state index contributed by atoms with van der Waals surface area (Å²) in [5.41, 5.74) is 0.994. The average Bonchev–Trinajstić information content (AvgIpc) is 2.50. The largest absolute Gasteiger partial charge is 0.321 e. The molecule has 3 aromatic rings. The molecule has 0 fully saturated rings. The molecular weight excluding hydrogens is 293 g/mol. The van der Waals surface area contributed by atoms with Crippen LogP contribution in [0.4, 0.5) is 10.1 Å². The number of benzene rings is 1. The Hall–Kier alpha value is -2.53. The average molecular weight is 302 g/mol. The Kier molecular flexibility index (Phi) is 3.50. The van der Waals surface area contributed by atoms with Crippen molar-refractivity contribution >= 4 is 34.2 Å². The second-order valence-corrected chi connectivity index (χ2v) is 4.74. The van der Waals surface area contributed by atoms with Crippen molar-refractivity contribution in [2.24, 2.45) is 0 Å². The summed E-state index contributed by atoms with van der Waals surface area (Å²) in [5.74, 6) is -1.04. The fraction of sp³-hybridized carbons (Fsp3) is 0. The van der Waals surface area contributed by atoms with Gasteiger partial charge in [0.25, 0.3) is 5.91 Å². The minimum absolute atomic E-state index is 0.000953. The van der Waals surface area contributed by atoms with Crippen LogP contribution in [0.25, 0.3) is 11.0 Å². The van der Waals surface area contributed by atoms with E-state index in [0.29, 0.717) is 11.3 Å². The van der Waals surface area contributed by atoms with Gasteiger partial charge in [0.05, 0.1) is 5.02 Å². The lowest BCUT2D eigenvalue weighted by atomic mass is 10.2. The zero-order valence-corrected chi connectivity index (χ0v) is 11.4. The first-order chi connectivity index (χ1) is 10.1. The molecule has 0 bridgehead atoms. The van der Waals surface area contributed by atoms with E-state index in [9.17, 15) is 9.18 Å². The highest BCUT2D eigenvalue weighted by Gasteiger charge is 2.10. The van der Waals surface area contributed by atoms with Crippen molar-refractivity contribution in [2.75, 3.05) is 5.32 Å². The predicted octanol–water partition coefficient (Wildman–Crippen LogP) is 3.67. The number of amides is 1. The van der Waals surface area contributed by atoms with E-state index in [4.69, 9.17) is 11.6 Å². The third-order valence-electron chi connectivity index (χ3n) is 2.87. The maximum absolute atomic E-state index is 13.3. The van der Waals surface area contributed by atoms with Crippen molar-refractivity contribution in [3.8, 4) is 0 Å². The number of hydrogen-bond acceptors (Lipinski definition) is 3. The Labute approximate surface area is 124 Å². The molecule has 0 unspecified atom stereocenters. The van der Waals surface area contributed by atoms with Gasteiger partial charge in [0.1, 0.15) is 11.5 Å². The van der Waals surface area contributed by atoms with Gasteiger partial charge in [0.15, 0.2) is 5.65 Å². The molecule has 1 N–H and O–H groups in total. The molecule has 3 rings (SSSR count). The molecule has 6 heteroatoms. The number of pyridine rings is 2. The summed E-state index contributed by atoms with van der Waals surface area (Å²) in [4.78, 5) is 20.4. The molecule has 0 saturated heterocycles. The standard InChI is InChI=1S/C15H9ClFN3O/c16-11-5-4-10(8-12(11)17)19-15(21)13-6-3-9-2-1-7-18-14(9)20-13/h1-8H,(H,19,21). The fourth-order valence-corrected chi connectivity index (χ4v) is 1.97. The number of anilines is 1. The molecule has 0 saturated carbocycles. The number of halogens is 2. The number of carbonyl (C=O) groups excluding carboxylic acids is 1. The minimum atomic E-state index is -0.595. The Morgan fingerprint density at radius 1 is 1.19 bits per heavy atom. The van der Waals surface area contributed by atoms with Crippen LogP contribution in [0.1, 0.15) is 10.5 Å². The van der Waals surface area contributed by atoms with E-state index in [2.05, 4.69) is 15.3 Å². The van der Waals surface area contributed by atoms with Crippen LogP contribution in [-0.2, 0) is 0 Å². The topological polar surface area (TPSA) is 54.9 Å². The van der Waals surface area contributed by atoms with Gasteiger partial charge in [-0.1, -0.05) is 11.6 Å². The SMILES string of the molecule is O=C(Nc1ccc(Cl)c(F)c1)c1ccc2cccnc2n1. The second-order valence-electron chi connectivity index (χ2n) is 4.33. The molecule has 2 aromatic heterocycles. The van der Waals surface area contributed by atoms with Crippen molar-refractivity contribution in [3.63, 3.8) is 0 Å². The van der Waals surface area contributed by atoms with E-state index >= 15 is 0 Å². The molecule has 0 atom stereocenters. The molecule has 2 heterocycles. The maximum Gasteiger partial charge on any atom is 0.274 e. The number of aromatic nitrogens is 2. The lowest BCUT2D eigenvalue weighted by Crippen LogP contribution is -2.13. The Morgan fingerprint density at radius 3 is 2.86 bits per heavy atom. The summed E-state index contributed by atoms with van der Waals surface area (Å²) in [6.45, 7) is 0. The Morgan fingerprint density at radius 2 is 2.05 bits per heavy atom. The van der Waals surface area contributed by atoms with E-state index in [1.54, 1.807) is 24.4 Å². The lowest BCUT2D eigenvalue weighted by molar-refractivity contribution is 0.102. The van der Waals surface area contributed by atoms with Crippen LogP contribution >= 0.6 is 11.6 Å². The molecule has 0 aliphatic heterocycles. The molecule has 0 radical (unpaired) electrons.